The lowest BCUT2D eigenvalue weighted by Gasteiger charge is -2.05. The number of rotatable bonds is 2. The minimum absolute atomic E-state index is 0.296. The summed E-state index contributed by atoms with van der Waals surface area (Å²) in [6.45, 7) is 0. The van der Waals surface area contributed by atoms with Crippen molar-refractivity contribution in [3.63, 3.8) is 0 Å². The molecular weight excluding hydrogens is 206 g/mol. The van der Waals surface area contributed by atoms with Crippen LogP contribution in [-0.4, -0.2) is 22.9 Å². The Hall–Kier alpha value is -2.30. The molecule has 0 spiro atoms. The van der Waals surface area contributed by atoms with Gasteiger partial charge in [-0.15, -0.1) is 0 Å². The maximum Gasteiger partial charge on any atom is 0.346 e. The molecule has 1 N–H and O–H groups in total. The zero-order valence-corrected chi connectivity index (χ0v) is 8.75. The number of hydrogen-bond acceptors (Lipinski definition) is 3. The van der Waals surface area contributed by atoms with Gasteiger partial charge in [0.05, 0.1) is 7.11 Å². The van der Waals surface area contributed by atoms with E-state index in [9.17, 15) is 4.79 Å². The normalized spacial score (nSPS) is 9.81. The summed E-state index contributed by atoms with van der Waals surface area (Å²) in [6, 6.07) is 8.47. The van der Waals surface area contributed by atoms with Crippen LogP contribution in [-0.2, 0) is 0 Å². The number of amides is 1. The highest BCUT2D eigenvalue weighted by Crippen LogP contribution is 2.14. The predicted octanol–water partition coefficient (Wildman–Crippen LogP) is 1.97. The quantitative estimate of drug-likeness (QED) is 0.836. The predicted molar refractivity (Wildman–Crippen MR) is 59.6 cm³/mol. The number of methoxy groups -OCH3 is 1. The van der Waals surface area contributed by atoms with Crippen LogP contribution in [0.2, 0.25) is 0 Å². The van der Waals surface area contributed by atoms with E-state index in [0.29, 0.717) is 5.69 Å². The number of benzene rings is 1. The van der Waals surface area contributed by atoms with Gasteiger partial charge in [0.25, 0.3) is 0 Å². The van der Waals surface area contributed by atoms with Crippen molar-refractivity contribution < 1.29 is 9.53 Å². The van der Waals surface area contributed by atoms with Crippen LogP contribution in [0.15, 0.2) is 42.7 Å². The molecule has 0 aliphatic heterocycles. The Morgan fingerprint density at radius 3 is 2.69 bits per heavy atom. The number of carbonyl (C=O) groups excluding carboxylic acids is 1. The summed E-state index contributed by atoms with van der Waals surface area (Å²) in [4.78, 5) is 11.6. The average Bonchev–Trinajstić information content (AvgIpc) is 2.83. The van der Waals surface area contributed by atoms with E-state index < -0.39 is 0 Å². The number of nitrogens with zero attached hydrogens (tertiary/aromatic N) is 2. The van der Waals surface area contributed by atoms with E-state index >= 15 is 0 Å². The summed E-state index contributed by atoms with van der Waals surface area (Å²) in [5.41, 5.74) is 0.696. The first kappa shape index (κ1) is 10.2. The van der Waals surface area contributed by atoms with Gasteiger partial charge in [0, 0.05) is 18.1 Å². The Labute approximate surface area is 92.7 Å². The summed E-state index contributed by atoms with van der Waals surface area (Å²) in [6.07, 6.45) is 3.13. The lowest BCUT2D eigenvalue weighted by Crippen LogP contribution is -2.19. The topological polar surface area (TPSA) is 56.1 Å². The molecule has 1 amide bonds. The number of carbonyl (C=O) groups is 1. The fourth-order valence-corrected chi connectivity index (χ4v) is 1.24. The van der Waals surface area contributed by atoms with Crippen molar-refractivity contribution in [1.82, 2.24) is 9.78 Å². The monoisotopic (exact) mass is 217 g/mol. The molecule has 2 rings (SSSR count). The fourth-order valence-electron chi connectivity index (χ4n) is 1.24. The van der Waals surface area contributed by atoms with E-state index in [0.717, 1.165) is 5.75 Å². The van der Waals surface area contributed by atoms with Gasteiger partial charge in [-0.05, 0) is 30.3 Å². The Bertz CT molecular complexity index is 462. The number of aromatic nitrogens is 2. The molecule has 0 bridgehead atoms. The van der Waals surface area contributed by atoms with Gasteiger partial charge < -0.3 is 10.1 Å². The Kier molecular flexibility index (Phi) is 2.86. The summed E-state index contributed by atoms with van der Waals surface area (Å²) in [7, 11) is 1.59. The van der Waals surface area contributed by atoms with Crippen molar-refractivity contribution >= 4 is 11.7 Å². The van der Waals surface area contributed by atoms with Crippen molar-refractivity contribution in [3.05, 3.63) is 42.7 Å². The molecule has 5 heteroatoms. The van der Waals surface area contributed by atoms with Crippen molar-refractivity contribution in [3.8, 4) is 5.75 Å². The third kappa shape index (κ3) is 2.20. The first-order valence-electron chi connectivity index (χ1n) is 4.74. The van der Waals surface area contributed by atoms with Crippen LogP contribution in [0.4, 0.5) is 10.5 Å². The average molecular weight is 217 g/mol. The summed E-state index contributed by atoms with van der Waals surface area (Å²) in [5.74, 6) is 0.747. The van der Waals surface area contributed by atoms with Gasteiger partial charge in [-0.2, -0.15) is 9.78 Å². The van der Waals surface area contributed by atoms with Crippen LogP contribution in [0, 0.1) is 0 Å². The zero-order valence-electron chi connectivity index (χ0n) is 8.75. The molecule has 2 aromatic rings. The number of nitrogens with one attached hydrogen (secondary N) is 1. The Balaban J connectivity index is 2.06. The summed E-state index contributed by atoms with van der Waals surface area (Å²) in [5, 5.41) is 6.53. The summed E-state index contributed by atoms with van der Waals surface area (Å²) >= 11 is 0. The molecule has 0 atom stereocenters. The maximum absolute atomic E-state index is 11.6. The molecule has 0 aliphatic carbocycles. The van der Waals surface area contributed by atoms with Crippen molar-refractivity contribution in [2.45, 2.75) is 0 Å². The first-order valence-corrected chi connectivity index (χ1v) is 4.74. The molecule has 0 aliphatic rings. The van der Waals surface area contributed by atoms with Gasteiger partial charge in [-0.25, -0.2) is 4.79 Å². The highest BCUT2D eigenvalue weighted by molar-refractivity contribution is 5.90. The van der Waals surface area contributed by atoms with E-state index in [1.807, 2.05) is 0 Å². The molecule has 1 heterocycles. The van der Waals surface area contributed by atoms with Crippen LogP contribution in [0.3, 0.4) is 0 Å². The van der Waals surface area contributed by atoms with Crippen LogP contribution in [0.5, 0.6) is 5.75 Å². The number of ether oxygens (including phenoxy) is 1. The van der Waals surface area contributed by atoms with Crippen LogP contribution in [0.1, 0.15) is 0 Å². The largest absolute Gasteiger partial charge is 0.497 e. The SMILES string of the molecule is COc1ccc(NC(=O)n2cccn2)cc1. The van der Waals surface area contributed by atoms with Gasteiger partial charge in [-0.1, -0.05) is 0 Å². The van der Waals surface area contributed by atoms with Crippen molar-refractivity contribution in [1.29, 1.82) is 0 Å². The molecule has 16 heavy (non-hydrogen) atoms. The second kappa shape index (κ2) is 4.48. The molecule has 0 saturated heterocycles. The maximum atomic E-state index is 11.6. The minimum Gasteiger partial charge on any atom is -0.497 e. The Morgan fingerprint density at radius 1 is 1.38 bits per heavy atom. The fraction of sp³-hybridized carbons (Fsp3) is 0.0909. The van der Waals surface area contributed by atoms with Crippen molar-refractivity contribution in [2.24, 2.45) is 0 Å². The van der Waals surface area contributed by atoms with E-state index in [4.69, 9.17) is 4.74 Å². The molecule has 0 radical (unpaired) electrons. The molecule has 5 nitrogen and oxygen atoms in total. The van der Waals surface area contributed by atoms with E-state index in [2.05, 4.69) is 10.4 Å². The highest BCUT2D eigenvalue weighted by Gasteiger charge is 2.04. The second-order valence-electron chi connectivity index (χ2n) is 3.11. The lowest BCUT2D eigenvalue weighted by molar-refractivity contribution is 0.251. The van der Waals surface area contributed by atoms with E-state index in [-0.39, 0.29) is 6.03 Å². The zero-order chi connectivity index (χ0) is 11.4. The number of hydrogen-bond donors (Lipinski definition) is 1. The van der Waals surface area contributed by atoms with Crippen LogP contribution < -0.4 is 10.1 Å². The van der Waals surface area contributed by atoms with E-state index in [1.54, 1.807) is 49.8 Å². The molecule has 1 aromatic heterocycles. The first-order chi connectivity index (χ1) is 7.79. The van der Waals surface area contributed by atoms with Gasteiger partial charge in [0.2, 0.25) is 0 Å². The second-order valence-corrected chi connectivity index (χ2v) is 3.11. The third-order valence-electron chi connectivity index (χ3n) is 2.05. The number of anilines is 1. The van der Waals surface area contributed by atoms with E-state index in [1.165, 1.54) is 4.68 Å². The van der Waals surface area contributed by atoms with Crippen LogP contribution in [0.25, 0.3) is 0 Å². The minimum atomic E-state index is -0.296. The van der Waals surface area contributed by atoms with Gasteiger partial charge in [-0.3, -0.25) is 0 Å². The van der Waals surface area contributed by atoms with Gasteiger partial charge >= 0.3 is 6.03 Å². The molecule has 1 aromatic carbocycles. The lowest BCUT2D eigenvalue weighted by atomic mass is 10.3. The Morgan fingerprint density at radius 2 is 2.12 bits per heavy atom. The van der Waals surface area contributed by atoms with Crippen molar-refractivity contribution in [2.75, 3.05) is 12.4 Å². The van der Waals surface area contributed by atoms with Gasteiger partial charge in [0.1, 0.15) is 5.75 Å². The molecule has 0 fully saturated rings. The highest BCUT2D eigenvalue weighted by atomic mass is 16.5. The standard InChI is InChI=1S/C11H11N3O2/c1-16-10-5-3-9(4-6-10)13-11(15)14-8-2-7-12-14/h2-8H,1H3,(H,13,15). The smallest absolute Gasteiger partial charge is 0.346 e. The molecule has 82 valence electrons. The van der Waals surface area contributed by atoms with Crippen LogP contribution >= 0.6 is 0 Å². The third-order valence-corrected chi connectivity index (χ3v) is 2.05. The van der Waals surface area contributed by atoms with Gasteiger partial charge in [0.15, 0.2) is 0 Å². The molecule has 0 unspecified atom stereocenters. The molecule has 0 saturated carbocycles. The summed E-state index contributed by atoms with van der Waals surface area (Å²) < 4.78 is 6.24. The molecular formula is C11H11N3O2.